The van der Waals surface area contributed by atoms with E-state index in [1.54, 1.807) is 18.0 Å². The molecule has 114 valence electrons. The Hall–Kier alpha value is -1.43. The van der Waals surface area contributed by atoms with Gasteiger partial charge in [-0.3, -0.25) is 4.79 Å². The number of halogens is 1. The SMILES string of the molecule is C[C@@H](CN)NC(=O)c1occc1CSc1ccccc1.Cl. The Morgan fingerprint density at radius 3 is 2.71 bits per heavy atom. The number of hydrogen-bond donors (Lipinski definition) is 2. The first kappa shape index (κ1) is 17.6. The average Bonchev–Trinajstić information content (AvgIpc) is 2.94. The average molecular weight is 327 g/mol. The molecule has 0 aliphatic heterocycles. The number of carbonyl (C=O) groups excluding carboxylic acids is 1. The molecule has 0 bridgehead atoms. The quantitative estimate of drug-likeness (QED) is 0.800. The Morgan fingerprint density at radius 1 is 1.33 bits per heavy atom. The number of rotatable bonds is 6. The van der Waals surface area contributed by atoms with Crippen molar-refractivity contribution in [1.29, 1.82) is 0 Å². The summed E-state index contributed by atoms with van der Waals surface area (Å²) in [5.41, 5.74) is 6.39. The molecule has 2 rings (SSSR count). The molecule has 1 heterocycles. The lowest BCUT2D eigenvalue weighted by molar-refractivity contribution is 0.0912. The zero-order chi connectivity index (χ0) is 14.4. The molecule has 3 N–H and O–H groups in total. The molecular formula is C15H19ClN2O2S. The van der Waals surface area contributed by atoms with Gasteiger partial charge in [-0.25, -0.2) is 0 Å². The maximum atomic E-state index is 12.0. The van der Waals surface area contributed by atoms with E-state index < -0.39 is 0 Å². The number of thioether (sulfide) groups is 1. The smallest absolute Gasteiger partial charge is 0.287 e. The summed E-state index contributed by atoms with van der Waals surface area (Å²) in [5, 5.41) is 2.80. The normalized spacial score (nSPS) is 11.5. The van der Waals surface area contributed by atoms with Crippen molar-refractivity contribution >= 4 is 30.1 Å². The molecule has 0 fully saturated rings. The van der Waals surface area contributed by atoms with E-state index in [-0.39, 0.29) is 24.4 Å². The Bertz CT molecular complexity index is 560. The van der Waals surface area contributed by atoms with Crippen LogP contribution in [-0.4, -0.2) is 18.5 Å². The topological polar surface area (TPSA) is 68.3 Å². The molecule has 21 heavy (non-hydrogen) atoms. The van der Waals surface area contributed by atoms with Crippen LogP contribution in [0.25, 0.3) is 0 Å². The highest BCUT2D eigenvalue weighted by Crippen LogP contribution is 2.24. The van der Waals surface area contributed by atoms with Gasteiger partial charge in [-0.05, 0) is 25.1 Å². The van der Waals surface area contributed by atoms with Crippen molar-refractivity contribution in [2.75, 3.05) is 6.54 Å². The van der Waals surface area contributed by atoms with Crippen LogP contribution in [0.3, 0.4) is 0 Å². The molecule has 1 aromatic heterocycles. The minimum absolute atomic E-state index is 0. The highest BCUT2D eigenvalue weighted by Gasteiger charge is 2.16. The predicted octanol–water partition coefficient (Wildman–Crippen LogP) is 3.07. The fourth-order valence-electron chi connectivity index (χ4n) is 1.67. The number of carbonyl (C=O) groups is 1. The number of nitrogens with two attached hydrogens (primary N) is 1. The lowest BCUT2D eigenvalue weighted by atomic mass is 10.2. The molecule has 1 aromatic carbocycles. The monoisotopic (exact) mass is 326 g/mol. The van der Waals surface area contributed by atoms with E-state index in [4.69, 9.17) is 10.2 Å². The molecule has 0 saturated carbocycles. The number of nitrogens with one attached hydrogen (secondary N) is 1. The maximum absolute atomic E-state index is 12.0. The van der Waals surface area contributed by atoms with E-state index in [2.05, 4.69) is 5.32 Å². The molecule has 1 atom stereocenters. The number of furan rings is 1. The highest BCUT2D eigenvalue weighted by atomic mass is 35.5. The molecule has 0 aliphatic carbocycles. The van der Waals surface area contributed by atoms with Gasteiger partial charge in [0.2, 0.25) is 0 Å². The second kappa shape index (κ2) is 8.77. The number of hydrogen-bond acceptors (Lipinski definition) is 4. The van der Waals surface area contributed by atoms with Crippen LogP contribution in [0.5, 0.6) is 0 Å². The summed E-state index contributed by atoms with van der Waals surface area (Å²) in [6.45, 7) is 2.26. The largest absolute Gasteiger partial charge is 0.459 e. The van der Waals surface area contributed by atoms with Gasteiger partial charge < -0.3 is 15.5 Å². The Labute approximate surface area is 134 Å². The van der Waals surface area contributed by atoms with E-state index >= 15 is 0 Å². The third kappa shape index (κ3) is 5.12. The van der Waals surface area contributed by atoms with Crippen LogP contribution in [-0.2, 0) is 5.75 Å². The summed E-state index contributed by atoms with van der Waals surface area (Å²) < 4.78 is 5.29. The first-order chi connectivity index (χ1) is 9.70. The first-order valence-corrected chi connectivity index (χ1v) is 7.44. The van der Waals surface area contributed by atoms with Gasteiger partial charge in [0.15, 0.2) is 5.76 Å². The third-order valence-corrected chi connectivity index (χ3v) is 3.88. The van der Waals surface area contributed by atoms with Crippen LogP contribution >= 0.6 is 24.2 Å². The van der Waals surface area contributed by atoms with Crippen LogP contribution in [0.1, 0.15) is 23.0 Å². The van der Waals surface area contributed by atoms with Gasteiger partial charge >= 0.3 is 0 Å². The van der Waals surface area contributed by atoms with E-state index in [1.165, 1.54) is 0 Å². The van der Waals surface area contributed by atoms with Crippen molar-refractivity contribution in [1.82, 2.24) is 5.32 Å². The summed E-state index contributed by atoms with van der Waals surface area (Å²) in [6.07, 6.45) is 1.54. The first-order valence-electron chi connectivity index (χ1n) is 6.46. The summed E-state index contributed by atoms with van der Waals surface area (Å²) >= 11 is 1.67. The van der Waals surface area contributed by atoms with Crippen LogP contribution in [0, 0.1) is 0 Å². The van der Waals surface area contributed by atoms with Crippen LogP contribution in [0.15, 0.2) is 52.0 Å². The van der Waals surface area contributed by atoms with Gasteiger partial charge in [-0.1, -0.05) is 18.2 Å². The zero-order valence-corrected chi connectivity index (χ0v) is 13.4. The second-order valence-electron chi connectivity index (χ2n) is 4.49. The minimum atomic E-state index is -0.211. The molecule has 0 aliphatic rings. The molecule has 0 radical (unpaired) electrons. The molecule has 6 heteroatoms. The molecule has 0 unspecified atom stereocenters. The fourth-order valence-corrected chi connectivity index (χ4v) is 2.57. The van der Waals surface area contributed by atoms with E-state index in [1.807, 2.05) is 43.3 Å². The van der Waals surface area contributed by atoms with Crippen molar-refractivity contribution in [3.05, 3.63) is 54.0 Å². The molecule has 4 nitrogen and oxygen atoms in total. The van der Waals surface area contributed by atoms with Gasteiger partial charge in [-0.15, -0.1) is 24.2 Å². The lowest BCUT2D eigenvalue weighted by Gasteiger charge is -2.10. The lowest BCUT2D eigenvalue weighted by Crippen LogP contribution is -2.37. The standard InChI is InChI=1S/C15H18N2O2S.ClH/c1-11(9-16)17-15(18)14-12(7-8-19-14)10-20-13-5-3-2-4-6-13;/h2-8,11H,9-10,16H2,1H3,(H,17,18);1H/t11-;/m0./s1. The van der Waals surface area contributed by atoms with Crippen LogP contribution in [0.2, 0.25) is 0 Å². The number of benzene rings is 1. The van der Waals surface area contributed by atoms with E-state index in [0.29, 0.717) is 18.1 Å². The molecule has 0 spiro atoms. The summed E-state index contributed by atoms with van der Waals surface area (Å²) in [6, 6.07) is 11.8. The van der Waals surface area contributed by atoms with Crippen molar-refractivity contribution in [3.63, 3.8) is 0 Å². The summed E-state index contributed by atoms with van der Waals surface area (Å²) in [4.78, 5) is 13.2. The van der Waals surface area contributed by atoms with Gasteiger partial charge in [0.1, 0.15) is 0 Å². The predicted molar refractivity (Wildman–Crippen MR) is 87.9 cm³/mol. The Kier molecular flexibility index (Phi) is 7.36. The van der Waals surface area contributed by atoms with Crippen molar-refractivity contribution < 1.29 is 9.21 Å². The van der Waals surface area contributed by atoms with Crippen molar-refractivity contribution in [3.8, 4) is 0 Å². The van der Waals surface area contributed by atoms with Gasteiger partial charge in [0.25, 0.3) is 5.91 Å². The summed E-state index contributed by atoms with van der Waals surface area (Å²) in [7, 11) is 0. The highest BCUT2D eigenvalue weighted by molar-refractivity contribution is 7.98. The second-order valence-corrected chi connectivity index (χ2v) is 5.54. The minimum Gasteiger partial charge on any atom is -0.459 e. The number of amides is 1. The van der Waals surface area contributed by atoms with Crippen LogP contribution in [0.4, 0.5) is 0 Å². The summed E-state index contributed by atoms with van der Waals surface area (Å²) in [5.74, 6) is 0.852. The maximum Gasteiger partial charge on any atom is 0.287 e. The van der Waals surface area contributed by atoms with E-state index in [0.717, 1.165) is 10.5 Å². The van der Waals surface area contributed by atoms with E-state index in [9.17, 15) is 4.79 Å². The van der Waals surface area contributed by atoms with Crippen molar-refractivity contribution in [2.45, 2.75) is 23.6 Å². The van der Waals surface area contributed by atoms with Crippen LogP contribution < -0.4 is 11.1 Å². The Morgan fingerprint density at radius 2 is 2.05 bits per heavy atom. The third-order valence-electron chi connectivity index (χ3n) is 2.82. The van der Waals surface area contributed by atoms with Gasteiger partial charge in [-0.2, -0.15) is 0 Å². The fraction of sp³-hybridized carbons (Fsp3) is 0.267. The molecule has 0 saturated heterocycles. The molecule has 1 amide bonds. The molecular weight excluding hydrogens is 308 g/mol. The van der Waals surface area contributed by atoms with Gasteiger partial charge in [0, 0.05) is 28.8 Å². The Balaban J connectivity index is 0.00000220. The van der Waals surface area contributed by atoms with Crippen molar-refractivity contribution in [2.24, 2.45) is 5.73 Å². The van der Waals surface area contributed by atoms with Gasteiger partial charge in [0.05, 0.1) is 6.26 Å². The molecule has 2 aromatic rings. The zero-order valence-electron chi connectivity index (χ0n) is 11.7.